The molecule has 0 aromatic heterocycles. The van der Waals surface area contributed by atoms with Gasteiger partial charge in [-0.15, -0.1) is 0 Å². The van der Waals surface area contributed by atoms with Gasteiger partial charge in [-0.1, -0.05) is 31.2 Å². The third kappa shape index (κ3) is 3.70. The second kappa shape index (κ2) is 7.28. The van der Waals surface area contributed by atoms with E-state index in [2.05, 4.69) is 41.8 Å². The van der Waals surface area contributed by atoms with Crippen molar-refractivity contribution in [2.45, 2.75) is 44.9 Å². The molecular formula is C19H28N2O. The van der Waals surface area contributed by atoms with Gasteiger partial charge in [0.15, 0.2) is 0 Å². The lowest BCUT2D eigenvalue weighted by Crippen LogP contribution is -2.34. The van der Waals surface area contributed by atoms with Gasteiger partial charge in [-0.05, 0) is 61.7 Å². The van der Waals surface area contributed by atoms with E-state index < -0.39 is 0 Å². The van der Waals surface area contributed by atoms with E-state index in [0.717, 1.165) is 26.1 Å². The normalized spacial score (nSPS) is 23.0. The van der Waals surface area contributed by atoms with E-state index in [4.69, 9.17) is 0 Å². The van der Waals surface area contributed by atoms with Crippen molar-refractivity contribution in [1.29, 1.82) is 0 Å². The summed E-state index contributed by atoms with van der Waals surface area (Å²) in [5.74, 6) is 1.95. The maximum absolute atomic E-state index is 12.2. The Bertz CT molecular complexity index is 508. The van der Waals surface area contributed by atoms with Crippen molar-refractivity contribution in [2.24, 2.45) is 11.8 Å². The van der Waals surface area contributed by atoms with Gasteiger partial charge in [0.2, 0.25) is 5.91 Å². The second-order valence-electron chi connectivity index (χ2n) is 7.01. The first-order valence-electron chi connectivity index (χ1n) is 8.79. The average Bonchev–Trinajstić information content (AvgIpc) is 2.97. The molecule has 120 valence electrons. The summed E-state index contributed by atoms with van der Waals surface area (Å²) in [4.78, 5) is 12.2. The molecule has 2 N–H and O–H groups in total. The van der Waals surface area contributed by atoms with Crippen LogP contribution in [0.5, 0.6) is 0 Å². The van der Waals surface area contributed by atoms with Crippen LogP contribution in [0.2, 0.25) is 0 Å². The molecule has 2 aliphatic rings. The van der Waals surface area contributed by atoms with Crippen LogP contribution in [0.15, 0.2) is 24.3 Å². The van der Waals surface area contributed by atoms with Crippen molar-refractivity contribution in [3.63, 3.8) is 0 Å². The van der Waals surface area contributed by atoms with Gasteiger partial charge in [0.25, 0.3) is 0 Å². The number of aryl methyl sites for hydroxylation is 1. The van der Waals surface area contributed by atoms with Gasteiger partial charge in [0, 0.05) is 18.9 Å². The van der Waals surface area contributed by atoms with E-state index in [1.165, 1.54) is 30.4 Å². The molecule has 3 heteroatoms. The zero-order chi connectivity index (χ0) is 15.4. The van der Waals surface area contributed by atoms with Crippen LogP contribution in [0.3, 0.4) is 0 Å². The van der Waals surface area contributed by atoms with Crippen molar-refractivity contribution >= 4 is 5.91 Å². The van der Waals surface area contributed by atoms with Crippen molar-refractivity contribution in [1.82, 2.24) is 10.6 Å². The molecule has 1 saturated heterocycles. The van der Waals surface area contributed by atoms with E-state index in [1.54, 1.807) is 0 Å². The Kier molecular flexibility index (Phi) is 5.14. The van der Waals surface area contributed by atoms with E-state index in [9.17, 15) is 4.79 Å². The summed E-state index contributed by atoms with van der Waals surface area (Å²) in [5, 5.41) is 6.57. The smallest absolute Gasteiger partial charge is 0.220 e. The fourth-order valence-corrected chi connectivity index (χ4v) is 4.04. The summed E-state index contributed by atoms with van der Waals surface area (Å²) >= 11 is 0. The highest BCUT2D eigenvalue weighted by atomic mass is 16.1. The third-order valence-corrected chi connectivity index (χ3v) is 5.50. The lowest BCUT2D eigenvalue weighted by Gasteiger charge is -2.28. The SMILES string of the molecule is CC(CC(=O)NCC1CCc2ccccc21)C1CCNCC1. The van der Waals surface area contributed by atoms with Crippen LogP contribution >= 0.6 is 0 Å². The van der Waals surface area contributed by atoms with E-state index in [-0.39, 0.29) is 5.91 Å². The van der Waals surface area contributed by atoms with Gasteiger partial charge >= 0.3 is 0 Å². The molecule has 0 radical (unpaired) electrons. The standard InChI is InChI=1S/C19H28N2O/c1-14(15-8-10-20-11-9-15)12-19(22)21-13-17-7-6-16-4-2-3-5-18(16)17/h2-5,14-15,17,20H,6-13H2,1H3,(H,21,22). The lowest BCUT2D eigenvalue weighted by atomic mass is 9.84. The third-order valence-electron chi connectivity index (χ3n) is 5.50. The van der Waals surface area contributed by atoms with Crippen molar-refractivity contribution in [3.8, 4) is 0 Å². The Labute approximate surface area is 133 Å². The number of amides is 1. The molecule has 1 heterocycles. The largest absolute Gasteiger partial charge is 0.355 e. The van der Waals surface area contributed by atoms with Gasteiger partial charge in [-0.25, -0.2) is 0 Å². The predicted molar refractivity (Wildman–Crippen MR) is 89.9 cm³/mol. The van der Waals surface area contributed by atoms with Crippen LogP contribution in [0.1, 0.15) is 49.7 Å². The average molecular weight is 300 g/mol. The Morgan fingerprint density at radius 2 is 2.05 bits per heavy atom. The van der Waals surface area contributed by atoms with Crippen molar-refractivity contribution in [3.05, 3.63) is 35.4 Å². The number of nitrogens with one attached hydrogen (secondary N) is 2. The number of hydrogen-bond acceptors (Lipinski definition) is 2. The highest BCUT2D eigenvalue weighted by Crippen LogP contribution is 2.32. The van der Waals surface area contributed by atoms with Crippen LogP contribution in [0.25, 0.3) is 0 Å². The number of fused-ring (bicyclic) bond motifs is 1. The molecule has 3 nitrogen and oxygen atoms in total. The molecule has 1 fully saturated rings. The van der Waals surface area contributed by atoms with Gasteiger partial charge in [-0.2, -0.15) is 0 Å². The molecule has 2 atom stereocenters. The first-order valence-corrected chi connectivity index (χ1v) is 8.79. The fraction of sp³-hybridized carbons (Fsp3) is 0.632. The minimum absolute atomic E-state index is 0.232. The lowest BCUT2D eigenvalue weighted by molar-refractivity contribution is -0.122. The second-order valence-corrected chi connectivity index (χ2v) is 7.01. The fourth-order valence-electron chi connectivity index (χ4n) is 4.04. The van der Waals surface area contributed by atoms with E-state index >= 15 is 0 Å². The summed E-state index contributed by atoms with van der Waals surface area (Å²) in [6.07, 6.45) is 5.43. The molecule has 22 heavy (non-hydrogen) atoms. The number of rotatable bonds is 5. The Hall–Kier alpha value is -1.35. The molecule has 2 unspecified atom stereocenters. The summed E-state index contributed by atoms with van der Waals surface area (Å²) in [5.41, 5.74) is 2.90. The molecule has 1 aromatic rings. The topological polar surface area (TPSA) is 41.1 Å². The van der Waals surface area contributed by atoms with E-state index in [0.29, 0.717) is 24.2 Å². The highest BCUT2D eigenvalue weighted by molar-refractivity contribution is 5.76. The molecule has 1 aliphatic carbocycles. The first-order chi connectivity index (χ1) is 10.7. The highest BCUT2D eigenvalue weighted by Gasteiger charge is 2.24. The quantitative estimate of drug-likeness (QED) is 0.878. The zero-order valence-electron chi connectivity index (χ0n) is 13.6. The molecule has 1 aliphatic heterocycles. The van der Waals surface area contributed by atoms with Crippen LogP contribution in [-0.4, -0.2) is 25.5 Å². The number of benzene rings is 1. The van der Waals surface area contributed by atoms with Crippen LogP contribution < -0.4 is 10.6 Å². The number of piperidine rings is 1. The molecular weight excluding hydrogens is 272 g/mol. The summed E-state index contributed by atoms with van der Waals surface area (Å²) < 4.78 is 0. The summed E-state index contributed by atoms with van der Waals surface area (Å²) in [6.45, 7) is 5.25. The number of hydrogen-bond donors (Lipinski definition) is 2. The van der Waals surface area contributed by atoms with Crippen molar-refractivity contribution < 1.29 is 4.79 Å². The molecule has 0 saturated carbocycles. The van der Waals surface area contributed by atoms with Gasteiger partial charge in [0.05, 0.1) is 0 Å². The van der Waals surface area contributed by atoms with Crippen molar-refractivity contribution in [2.75, 3.05) is 19.6 Å². The Morgan fingerprint density at radius 1 is 1.27 bits per heavy atom. The van der Waals surface area contributed by atoms with Crippen LogP contribution in [0.4, 0.5) is 0 Å². The molecule has 1 amide bonds. The minimum atomic E-state index is 0.232. The Balaban J connectivity index is 1.45. The molecule has 0 bridgehead atoms. The predicted octanol–water partition coefficient (Wildman–Crippen LogP) is 2.86. The summed E-state index contributed by atoms with van der Waals surface area (Å²) in [6, 6.07) is 8.66. The number of carbonyl (C=O) groups excluding carboxylic acids is 1. The molecule has 0 spiro atoms. The van der Waals surface area contributed by atoms with Crippen LogP contribution in [0, 0.1) is 11.8 Å². The maximum atomic E-state index is 12.2. The van der Waals surface area contributed by atoms with E-state index in [1.807, 2.05) is 0 Å². The molecule has 1 aromatic carbocycles. The summed E-state index contributed by atoms with van der Waals surface area (Å²) in [7, 11) is 0. The number of carbonyl (C=O) groups is 1. The van der Waals surface area contributed by atoms with Gasteiger partial charge in [-0.3, -0.25) is 4.79 Å². The monoisotopic (exact) mass is 300 g/mol. The maximum Gasteiger partial charge on any atom is 0.220 e. The van der Waals surface area contributed by atoms with Gasteiger partial charge in [0.1, 0.15) is 0 Å². The minimum Gasteiger partial charge on any atom is -0.355 e. The molecule has 3 rings (SSSR count). The Morgan fingerprint density at radius 3 is 2.86 bits per heavy atom. The van der Waals surface area contributed by atoms with Gasteiger partial charge < -0.3 is 10.6 Å². The zero-order valence-corrected chi connectivity index (χ0v) is 13.6. The first kappa shape index (κ1) is 15.5. The van der Waals surface area contributed by atoms with Crippen LogP contribution in [-0.2, 0) is 11.2 Å².